The van der Waals surface area contributed by atoms with Crippen molar-refractivity contribution in [3.63, 3.8) is 0 Å². The standard InChI is InChI=1S/C16H20N6O3/c1-10-14(21-25-20-10)15(23)18-12-3-2-5-22(8-12)16-17-7-11-9-24-6-4-13(11)19-16/h7,12H,2-6,8-9H2,1H3,(H,18,23)/t12-/m0/s1. The lowest BCUT2D eigenvalue weighted by molar-refractivity contribution is 0.0922. The topological polar surface area (TPSA) is 106 Å². The molecule has 4 heterocycles. The van der Waals surface area contributed by atoms with Gasteiger partial charge in [0.25, 0.3) is 5.91 Å². The maximum atomic E-state index is 12.3. The molecule has 9 heteroatoms. The summed E-state index contributed by atoms with van der Waals surface area (Å²) in [5.41, 5.74) is 2.85. The van der Waals surface area contributed by atoms with Crippen LogP contribution in [0.15, 0.2) is 10.8 Å². The molecule has 0 unspecified atom stereocenters. The molecule has 1 atom stereocenters. The van der Waals surface area contributed by atoms with E-state index >= 15 is 0 Å². The van der Waals surface area contributed by atoms with Gasteiger partial charge in [-0.25, -0.2) is 14.6 Å². The van der Waals surface area contributed by atoms with Crippen molar-refractivity contribution in [2.75, 3.05) is 24.6 Å². The van der Waals surface area contributed by atoms with Gasteiger partial charge in [-0.15, -0.1) is 0 Å². The predicted molar refractivity (Wildman–Crippen MR) is 87.1 cm³/mol. The summed E-state index contributed by atoms with van der Waals surface area (Å²) < 4.78 is 10.0. The Labute approximate surface area is 144 Å². The van der Waals surface area contributed by atoms with E-state index in [9.17, 15) is 4.79 Å². The van der Waals surface area contributed by atoms with E-state index in [-0.39, 0.29) is 17.6 Å². The SMILES string of the molecule is Cc1nonc1C(=O)N[C@H]1CCCN(c2ncc3c(n2)CCOC3)C1. The number of hydrogen-bond acceptors (Lipinski definition) is 8. The van der Waals surface area contributed by atoms with Gasteiger partial charge in [0.15, 0.2) is 5.69 Å². The van der Waals surface area contributed by atoms with Gasteiger partial charge in [0.1, 0.15) is 5.69 Å². The molecule has 0 aromatic carbocycles. The molecule has 132 valence electrons. The minimum atomic E-state index is -0.255. The van der Waals surface area contributed by atoms with Crippen molar-refractivity contribution < 1.29 is 14.2 Å². The highest BCUT2D eigenvalue weighted by molar-refractivity contribution is 5.93. The number of ether oxygens (including phenoxy) is 1. The summed E-state index contributed by atoms with van der Waals surface area (Å²) in [6, 6.07) is 0.0142. The van der Waals surface area contributed by atoms with E-state index in [0.29, 0.717) is 25.5 Å². The van der Waals surface area contributed by atoms with Crippen LogP contribution in [0.3, 0.4) is 0 Å². The van der Waals surface area contributed by atoms with Crippen LogP contribution in [-0.2, 0) is 17.8 Å². The predicted octanol–water partition coefficient (Wildman–Crippen LogP) is 0.640. The summed E-state index contributed by atoms with van der Waals surface area (Å²) in [4.78, 5) is 23.6. The van der Waals surface area contributed by atoms with Crippen molar-refractivity contribution in [3.05, 3.63) is 28.8 Å². The smallest absolute Gasteiger partial charge is 0.275 e. The van der Waals surface area contributed by atoms with Gasteiger partial charge in [-0.1, -0.05) is 5.16 Å². The molecule has 0 spiro atoms. The first-order chi connectivity index (χ1) is 12.2. The summed E-state index contributed by atoms with van der Waals surface area (Å²) in [6.45, 7) is 4.54. The fourth-order valence-electron chi connectivity index (χ4n) is 3.24. The van der Waals surface area contributed by atoms with Gasteiger partial charge in [-0.2, -0.15) is 0 Å². The zero-order valence-electron chi connectivity index (χ0n) is 14.1. The van der Waals surface area contributed by atoms with E-state index in [1.807, 2.05) is 6.20 Å². The van der Waals surface area contributed by atoms with Crippen LogP contribution >= 0.6 is 0 Å². The first kappa shape index (κ1) is 15.9. The Morgan fingerprint density at radius 3 is 3.16 bits per heavy atom. The zero-order valence-corrected chi connectivity index (χ0v) is 14.1. The number of piperidine rings is 1. The highest BCUT2D eigenvalue weighted by atomic mass is 16.6. The molecule has 1 saturated heterocycles. The lowest BCUT2D eigenvalue weighted by Crippen LogP contribution is -2.48. The molecule has 1 fully saturated rings. The van der Waals surface area contributed by atoms with Crippen molar-refractivity contribution in [2.24, 2.45) is 0 Å². The van der Waals surface area contributed by atoms with E-state index in [1.54, 1.807) is 6.92 Å². The van der Waals surface area contributed by atoms with Crippen molar-refractivity contribution in [1.29, 1.82) is 0 Å². The molecule has 1 amide bonds. The highest BCUT2D eigenvalue weighted by Crippen LogP contribution is 2.20. The van der Waals surface area contributed by atoms with Gasteiger partial charge in [-0.05, 0) is 24.9 Å². The van der Waals surface area contributed by atoms with E-state index in [1.165, 1.54) is 0 Å². The number of aryl methyl sites for hydroxylation is 1. The number of hydrogen-bond donors (Lipinski definition) is 1. The number of nitrogens with one attached hydrogen (secondary N) is 1. The zero-order chi connectivity index (χ0) is 17.2. The second kappa shape index (κ2) is 6.75. The van der Waals surface area contributed by atoms with Gasteiger partial charge in [0.2, 0.25) is 5.95 Å². The molecule has 2 aliphatic rings. The maximum absolute atomic E-state index is 12.3. The molecule has 0 aliphatic carbocycles. The Bertz CT molecular complexity index is 777. The molecule has 4 rings (SSSR count). The Kier molecular flexibility index (Phi) is 4.31. The first-order valence-corrected chi connectivity index (χ1v) is 8.48. The number of aromatic nitrogens is 4. The summed E-state index contributed by atoms with van der Waals surface area (Å²) in [6.07, 6.45) is 4.54. The van der Waals surface area contributed by atoms with Crippen LogP contribution in [0.1, 0.15) is 40.3 Å². The fraction of sp³-hybridized carbons (Fsp3) is 0.562. The monoisotopic (exact) mass is 344 g/mol. The average molecular weight is 344 g/mol. The lowest BCUT2D eigenvalue weighted by Gasteiger charge is -2.33. The minimum absolute atomic E-state index is 0.0142. The van der Waals surface area contributed by atoms with Crippen molar-refractivity contribution in [1.82, 2.24) is 25.6 Å². The third kappa shape index (κ3) is 3.32. The van der Waals surface area contributed by atoms with Crippen molar-refractivity contribution in [3.8, 4) is 0 Å². The fourth-order valence-corrected chi connectivity index (χ4v) is 3.24. The molecule has 1 N–H and O–H groups in total. The van der Waals surface area contributed by atoms with Crippen LogP contribution in [0.5, 0.6) is 0 Å². The highest BCUT2D eigenvalue weighted by Gasteiger charge is 2.26. The van der Waals surface area contributed by atoms with Gasteiger partial charge < -0.3 is 15.0 Å². The summed E-state index contributed by atoms with van der Waals surface area (Å²) in [7, 11) is 0. The molecule has 0 bridgehead atoms. The Morgan fingerprint density at radius 2 is 2.32 bits per heavy atom. The van der Waals surface area contributed by atoms with Crippen LogP contribution in [0.2, 0.25) is 0 Å². The summed E-state index contributed by atoms with van der Waals surface area (Å²) >= 11 is 0. The number of carbonyl (C=O) groups is 1. The second-order valence-corrected chi connectivity index (χ2v) is 6.40. The number of carbonyl (C=O) groups excluding carboxylic acids is 1. The van der Waals surface area contributed by atoms with Gasteiger partial charge in [0, 0.05) is 37.3 Å². The second-order valence-electron chi connectivity index (χ2n) is 6.40. The van der Waals surface area contributed by atoms with Gasteiger partial charge in [-0.3, -0.25) is 4.79 Å². The molecule has 0 saturated carbocycles. The molecular formula is C16H20N6O3. The number of rotatable bonds is 3. The average Bonchev–Trinajstić information content (AvgIpc) is 3.07. The number of fused-ring (bicyclic) bond motifs is 1. The normalized spacial score (nSPS) is 20.2. The van der Waals surface area contributed by atoms with Crippen LogP contribution in [0.4, 0.5) is 5.95 Å². The van der Waals surface area contributed by atoms with E-state index in [0.717, 1.165) is 43.0 Å². The quantitative estimate of drug-likeness (QED) is 0.864. The van der Waals surface area contributed by atoms with E-state index < -0.39 is 0 Å². The van der Waals surface area contributed by atoms with E-state index in [2.05, 4.69) is 30.1 Å². The van der Waals surface area contributed by atoms with Crippen LogP contribution < -0.4 is 10.2 Å². The molecule has 25 heavy (non-hydrogen) atoms. The largest absolute Gasteiger partial charge is 0.376 e. The lowest BCUT2D eigenvalue weighted by atomic mass is 10.1. The van der Waals surface area contributed by atoms with Crippen LogP contribution in [0, 0.1) is 6.92 Å². The van der Waals surface area contributed by atoms with Gasteiger partial charge >= 0.3 is 0 Å². The third-order valence-electron chi connectivity index (χ3n) is 4.59. The van der Waals surface area contributed by atoms with Gasteiger partial charge in [0.05, 0.1) is 18.9 Å². The van der Waals surface area contributed by atoms with Crippen LogP contribution in [0.25, 0.3) is 0 Å². The van der Waals surface area contributed by atoms with E-state index in [4.69, 9.17) is 9.72 Å². The number of anilines is 1. The molecule has 0 radical (unpaired) electrons. The Morgan fingerprint density at radius 1 is 1.40 bits per heavy atom. The van der Waals surface area contributed by atoms with Crippen molar-refractivity contribution in [2.45, 2.75) is 38.8 Å². The third-order valence-corrected chi connectivity index (χ3v) is 4.59. The minimum Gasteiger partial charge on any atom is -0.376 e. The molecule has 2 aliphatic heterocycles. The Balaban J connectivity index is 1.44. The Hall–Kier alpha value is -2.55. The van der Waals surface area contributed by atoms with Crippen LogP contribution in [-0.4, -0.2) is 51.9 Å². The molecular weight excluding hydrogens is 324 g/mol. The first-order valence-electron chi connectivity index (χ1n) is 8.48. The maximum Gasteiger partial charge on any atom is 0.275 e. The summed E-state index contributed by atoms with van der Waals surface area (Å²) in [5.74, 6) is 0.466. The molecule has 2 aromatic rings. The number of nitrogens with zero attached hydrogens (tertiary/aromatic N) is 5. The van der Waals surface area contributed by atoms with Crippen molar-refractivity contribution >= 4 is 11.9 Å². The summed E-state index contributed by atoms with van der Waals surface area (Å²) in [5, 5.41) is 10.3. The number of amides is 1. The molecule has 2 aromatic heterocycles. The molecule has 9 nitrogen and oxygen atoms in total.